The van der Waals surface area contributed by atoms with Crippen LogP contribution in [0.4, 0.5) is 15.9 Å². The topological polar surface area (TPSA) is 78.7 Å². The number of amides is 1. The zero-order chi connectivity index (χ0) is 19.5. The van der Waals surface area contributed by atoms with Crippen LogP contribution in [0.5, 0.6) is 0 Å². The number of carbonyl (C=O) groups is 1. The number of piperazine rings is 1. The molecule has 0 atom stereocenters. The van der Waals surface area contributed by atoms with Gasteiger partial charge in [-0.25, -0.2) is 4.39 Å². The number of benzene rings is 1. The molecule has 1 aliphatic rings. The maximum absolute atomic E-state index is 13.7. The van der Waals surface area contributed by atoms with E-state index in [0.717, 1.165) is 32.0 Å². The summed E-state index contributed by atoms with van der Waals surface area (Å²) in [4.78, 5) is 16.7. The van der Waals surface area contributed by atoms with Gasteiger partial charge < -0.3 is 15.1 Å². The Hall–Kier alpha value is -3.07. The van der Waals surface area contributed by atoms with Crippen molar-refractivity contribution in [2.24, 2.45) is 0 Å². The first kappa shape index (κ1) is 18.3. The average Bonchev–Trinajstić information content (AvgIpc) is 3.11. The standard InChI is InChI=1S/C19H22FN7O/c1-25-10-12-26(13-11-25)18-7-6-16-22-23-17(27(16)24-18)8-9-19(28)21-15-5-3-2-4-14(15)20/h2-7H,8-13H2,1H3,(H,21,28). The highest BCUT2D eigenvalue weighted by molar-refractivity contribution is 5.90. The normalized spacial score (nSPS) is 15.1. The zero-order valence-corrected chi connectivity index (χ0v) is 15.7. The molecule has 1 amide bonds. The van der Waals surface area contributed by atoms with Crippen LogP contribution in [0.15, 0.2) is 36.4 Å². The van der Waals surface area contributed by atoms with Crippen molar-refractivity contribution in [2.45, 2.75) is 12.8 Å². The largest absolute Gasteiger partial charge is 0.353 e. The van der Waals surface area contributed by atoms with Crippen LogP contribution >= 0.6 is 0 Å². The number of aryl methyl sites for hydroxylation is 1. The number of para-hydroxylation sites is 1. The average molecular weight is 383 g/mol. The monoisotopic (exact) mass is 383 g/mol. The highest BCUT2D eigenvalue weighted by Crippen LogP contribution is 2.16. The van der Waals surface area contributed by atoms with E-state index >= 15 is 0 Å². The Morgan fingerprint density at radius 3 is 2.68 bits per heavy atom. The van der Waals surface area contributed by atoms with Crippen LogP contribution in [-0.4, -0.2) is 63.8 Å². The fraction of sp³-hybridized carbons (Fsp3) is 0.368. The van der Waals surface area contributed by atoms with Gasteiger partial charge in [-0.1, -0.05) is 12.1 Å². The first-order valence-corrected chi connectivity index (χ1v) is 9.29. The molecule has 1 saturated heterocycles. The number of aromatic nitrogens is 4. The summed E-state index contributed by atoms with van der Waals surface area (Å²) < 4.78 is 15.3. The molecule has 3 aromatic rings. The Labute approximate surface area is 162 Å². The minimum atomic E-state index is -0.456. The number of nitrogens with one attached hydrogen (secondary N) is 1. The van der Waals surface area contributed by atoms with Crippen molar-refractivity contribution < 1.29 is 9.18 Å². The predicted molar refractivity (Wildman–Crippen MR) is 104 cm³/mol. The zero-order valence-electron chi connectivity index (χ0n) is 15.7. The van der Waals surface area contributed by atoms with E-state index in [1.165, 1.54) is 12.1 Å². The number of anilines is 2. The van der Waals surface area contributed by atoms with E-state index in [2.05, 4.69) is 37.5 Å². The summed E-state index contributed by atoms with van der Waals surface area (Å²) >= 11 is 0. The van der Waals surface area contributed by atoms with Crippen molar-refractivity contribution in [3.63, 3.8) is 0 Å². The lowest BCUT2D eigenvalue weighted by atomic mass is 10.2. The van der Waals surface area contributed by atoms with Crippen molar-refractivity contribution >= 4 is 23.1 Å². The summed E-state index contributed by atoms with van der Waals surface area (Å²) in [5.74, 6) is 0.742. The molecule has 9 heteroatoms. The van der Waals surface area contributed by atoms with Gasteiger partial charge in [-0.2, -0.15) is 4.52 Å². The molecule has 4 rings (SSSR count). The van der Waals surface area contributed by atoms with Crippen LogP contribution in [0.1, 0.15) is 12.2 Å². The summed E-state index contributed by atoms with van der Waals surface area (Å²) in [6.45, 7) is 3.81. The maximum Gasteiger partial charge on any atom is 0.224 e. The van der Waals surface area contributed by atoms with E-state index in [4.69, 9.17) is 0 Å². The van der Waals surface area contributed by atoms with Crippen LogP contribution in [0.25, 0.3) is 5.65 Å². The number of fused-ring (bicyclic) bond motifs is 1. The van der Waals surface area contributed by atoms with Crippen LogP contribution < -0.4 is 10.2 Å². The van der Waals surface area contributed by atoms with Crippen LogP contribution in [-0.2, 0) is 11.2 Å². The maximum atomic E-state index is 13.7. The van der Waals surface area contributed by atoms with Gasteiger partial charge in [-0.3, -0.25) is 4.79 Å². The van der Waals surface area contributed by atoms with Crippen LogP contribution in [0.2, 0.25) is 0 Å². The minimum Gasteiger partial charge on any atom is -0.353 e. The number of hydrogen-bond acceptors (Lipinski definition) is 6. The van der Waals surface area contributed by atoms with Crippen molar-refractivity contribution in [1.82, 2.24) is 24.7 Å². The first-order valence-electron chi connectivity index (χ1n) is 9.29. The van der Waals surface area contributed by atoms with Crippen molar-refractivity contribution in [2.75, 3.05) is 43.4 Å². The summed E-state index contributed by atoms with van der Waals surface area (Å²) in [6.07, 6.45) is 0.524. The van der Waals surface area contributed by atoms with Gasteiger partial charge in [-0.05, 0) is 31.3 Å². The van der Waals surface area contributed by atoms with Gasteiger partial charge in [0.15, 0.2) is 11.5 Å². The molecule has 1 aromatic carbocycles. The molecule has 1 N–H and O–H groups in total. The van der Waals surface area contributed by atoms with E-state index in [9.17, 15) is 9.18 Å². The lowest BCUT2D eigenvalue weighted by Crippen LogP contribution is -2.45. The van der Waals surface area contributed by atoms with Gasteiger partial charge >= 0.3 is 0 Å². The first-order chi connectivity index (χ1) is 13.6. The van der Waals surface area contributed by atoms with Crippen LogP contribution in [0.3, 0.4) is 0 Å². The number of nitrogens with zero attached hydrogens (tertiary/aromatic N) is 6. The Morgan fingerprint density at radius 1 is 1.11 bits per heavy atom. The van der Waals surface area contributed by atoms with E-state index in [1.54, 1.807) is 16.6 Å². The second-order valence-corrected chi connectivity index (χ2v) is 6.90. The third-order valence-electron chi connectivity index (χ3n) is 4.86. The van der Waals surface area contributed by atoms with E-state index in [0.29, 0.717) is 17.9 Å². The molecular weight excluding hydrogens is 361 g/mol. The lowest BCUT2D eigenvalue weighted by molar-refractivity contribution is -0.116. The molecule has 28 heavy (non-hydrogen) atoms. The molecule has 1 fully saturated rings. The molecule has 8 nitrogen and oxygen atoms in total. The second-order valence-electron chi connectivity index (χ2n) is 6.90. The summed E-state index contributed by atoms with van der Waals surface area (Å²) in [5.41, 5.74) is 0.816. The second kappa shape index (κ2) is 7.89. The Balaban J connectivity index is 1.44. The Kier molecular flexibility index (Phi) is 5.16. The van der Waals surface area contributed by atoms with Crippen LogP contribution in [0, 0.1) is 5.82 Å². The summed E-state index contributed by atoms with van der Waals surface area (Å²) in [6, 6.07) is 9.93. The third kappa shape index (κ3) is 3.94. The molecule has 0 unspecified atom stereocenters. The number of likely N-dealkylation sites (N-methyl/N-ethyl adjacent to an activating group) is 1. The Bertz CT molecular complexity index is 981. The highest BCUT2D eigenvalue weighted by Gasteiger charge is 2.17. The fourth-order valence-electron chi connectivity index (χ4n) is 3.18. The van der Waals surface area contributed by atoms with Gasteiger partial charge in [0, 0.05) is 39.0 Å². The SMILES string of the molecule is CN1CCN(c2ccc3nnc(CCC(=O)Nc4ccccc4F)n3n2)CC1. The molecule has 0 bridgehead atoms. The van der Waals surface area contributed by atoms with Crippen molar-refractivity contribution in [3.8, 4) is 0 Å². The quantitative estimate of drug-likeness (QED) is 0.721. The third-order valence-corrected chi connectivity index (χ3v) is 4.86. The smallest absolute Gasteiger partial charge is 0.224 e. The van der Waals surface area contributed by atoms with Gasteiger partial charge in [0.2, 0.25) is 5.91 Å². The van der Waals surface area contributed by atoms with Gasteiger partial charge in [0.25, 0.3) is 0 Å². The highest BCUT2D eigenvalue weighted by atomic mass is 19.1. The van der Waals surface area contributed by atoms with E-state index in [-0.39, 0.29) is 18.0 Å². The minimum absolute atomic E-state index is 0.162. The molecule has 0 saturated carbocycles. The number of carbonyl (C=O) groups excluding carboxylic acids is 1. The molecule has 0 aliphatic carbocycles. The molecule has 0 radical (unpaired) electrons. The molecule has 0 spiro atoms. The van der Waals surface area contributed by atoms with Gasteiger partial charge in [0.1, 0.15) is 11.6 Å². The van der Waals surface area contributed by atoms with E-state index < -0.39 is 5.82 Å². The van der Waals surface area contributed by atoms with Crippen molar-refractivity contribution in [3.05, 3.63) is 48.0 Å². The molecule has 3 heterocycles. The number of halogens is 1. The van der Waals surface area contributed by atoms with Crippen molar-refractivity contribution in [1.29, 1.82) is 0 Å². The Morgan fingerprint density at radius 2 is 1.89 bits per heavy atom. The summed E-state index contributed by atoms with van der Waals surface area (Å²) in [5, 5.41) is 15.5. The molecule has 2 aromatic heterocycles. The number of hydrogen-bond donors (Lipinski definition) is 1. The van der Waals surface area contributed by atoms with Gasteiger partial charge in [0.05, 0.1) is 5.69 Å². The molecule has 1 aliphatic heterocycles. The number of rotatable bonds is 5. The predicted octanol–water partition coefficient (Wildman–Crippen LogP) is 1.59. The van der Waals surface area contributed by atoms with Gasteiger partial charge in [-0.15, -0.1) is 15.3 Å². The summed E-state index contributed by atoms with van der Waals surface area (Å²) in [7, 11) is 2.11. The lowest BCUT2D eigenvalue weighted by Gasteiger charge is -2.33. The fourth-order valence-corrected chi connectivity index (χ4v) is 3.18. The molecule has 146 valence electrons. The molecular formula is C19H22FN7O. The van der Waals surface area contributed by atoms with E-state index in [1.807, 2.05) is 12.1 Å².